The summed E-state index contributed by atoms with van der Waals surface area (Å²) < 4.78 is 10.4. The Hall–Kier alpha value is -1.13. The van der Waals surface area contributed by atoms with Gasteiger partial charge in [-0.25, -0.2) is 0 Å². The molecule has 0 saturated carbocycles. The Morgan fingerprint density at radius 2 is 2.53 bits per heavy atom. The topological polar surface area (TPSA) is 51.5 Å². The van der Waals surface area contributed by atoms with Gasteiger partial charge in [-0.15, -0.1) is 0 Å². The van der Waals surface area contributed by atoms with Gasteiger partial charge in [0.2, 0.25) is 5.78 Å². The summed E-state index contributed by atoms with van der Waals surface area (Å²) in [6, 6.07) is 3.37. The van der Waals surface area contributed by atoms with Crippen molar-refractivity contribution in [3.63, 3.8) is 0 Å². The number of piperidine rings is 1. The Kier molecular flexibility index (Phi) is 4.76. The first-order valence-corrected chi connectivity index (χ1v) is 6.21. The lowest BCUT2D eigenvalue weighted by Crippen LogP contribution is -2.30. The third-order valence-corrected chi connectivity index (χ3v) is 3.10. The lowest BCUT2D eigenvalue weighted by Gasteiger charge is -2.22. The lowest BCUT2D eigenvalue weighted by atomic mass is 9.97. The average Bonchev–Trinajstić information content (AvgIpc) is 2.89. The van der Waals surface area contributed by atoms with Gasteiger partial charge in [0.1, 0.15) is 6.61 Å². The zero-order valence-electron chi connectivity index (χ0n) is 9.98. The summed E-state index contributed by atoms with van der Waals surface area (Å²) >= 11 is 0. The van der Waals surface area contributed by atoms with E-state index >= 15 is 0 Å². The molecular formula is C13H19NO3. The van der Waals surface area contributed by atoms with Crippen molar-refractivity contribution in [1.82, 2.24) is 5.32 Å². The fraction of sp³-hybridized carbons (Fsp3) is 0.615. The predicted molar refractivity (Wildman–Crippen MR) is 64.1 cm³/mol. The molecule has 1 aromatic rings. The predicted octanol–water partition coefficient (Wildman–Crippen LogP) is 1.87. The summed E-state index contributed by atoms with van der Waals surface area (Å²) in [5.41, 5.74) is 0. The Balaban J connectivity index is 1.58. The van der Waals surface area contributed by atoms with E-state index in [1.807, 2.05) is 0 Å². The minimum absolute atomic E-state index is 0.0863. The Labute approximate surface area is 101 Å². The van der Waals surface area contributed by atoms with Crippen molar-refractivity contribution >= 4 is 5.78 Å². The molecule has 1 atom stereocenters. The first kappa shape index (κ1) is 12.3. The second-order valence-corrected chi connectivity index (χ2v) is 4.45. The molecule has 4 heteroatoms. The highest BCUT2D eigenvalue weighted by Gasteiger charge is 2.13. The molecule has 1 N–H and O–H groups in total. The molecule has 0 aliphatic carbocycles. The van der Waals surface area contributed by atoms with E-state index in [9.17, 15) is 4.79 Å². The van der Waals surface area contributed by atoms with Gasteiger partial charge in [-0.1, -0.05) is 0 Å². The average molecular weight is 237 g/mol. The van der Waals surface area contributed by atoms with Crippen LogP contribution in [0.15, 0.2) is 22.8 Å². The van der Waals surface area contributed by atoms with E-state index in [1.54, 1.807) is 12.1 Å². The third-order valence-electron chi connectivity index (χ3n) is 3.10. The van der Waals surface area contributed by atoms with Crippen LogP contribution in [0.2, 0.25) is 0 Å². The van der Waals surface area contributed by atoms with Crippen LogP contribution in [-0.2, 0) is 4.74 Å². The molecule has 1 fully saturated rings. The zero-order valence-corrected chi connectivity index (χ0v) is 9.98. The number of ketones is 1. The molecule has 0 spiro atoms. The van der Waals surface area contributed by atoms with Gasteiger partial charge in [0.05, 0.1) is 6.26 Å². The van der Waals surface area contributed by atoms with Crippen LogP contribution in [-0.4, -0.2) is 32.1 Å². The van der Waals surface area contributed by atoms with Crippen LogP contribution in [0, 0.1) is 5.92 Å². The van der Waals surface area contributed by atoms with Gasteiger partial charge in [-0.3, -0.25) is 4.79 Å². The highest BCUT2D eigenvalue weighted by Crippen LogP contribution is 2.13. The maximum Gasteiger partial charge on any atom is 0.223 e. The molecule has 17 heavy (non-hydrogen) atoms. The molecule has 2 rings (SSSR count). The second kappa shape index (κ2) is 6.57. The summed E-state index contributed by atoms with van der Waals surface area (Å²) in [6.45, 7) is 2.98. The number of carbonyl (C=O) groups excluding carboxylic acids is 1. The van der Waals surface area contributed by atoms with Gasteiger partial charge in [0, 0.05) is 6.61 Å². The first-order chi connectivity index (χ1) is 8.36. The largest absolute Gasteiger partial charge is 0.461 e. The van der Waals surface area contributed by atoms with E-state index in [2.05, 4.69) is 5.32 Å². The van der Waals surface area contributed by atoms with Crippen molar-refractivity contribution in [1.29, 1.82) is 0 Å². The molecule has 1 aliphatic rings. The summed E-state index contributed by atoms with van der Waals surface area (Å²) in [6.07, 6.45) is 5.04. The quantitative estimate of drug-likeness (QED) is 0.606. The number of Topliss-reactive ketones (excluding diaryl/α,β-unsaturated/α-hetero) is 1. The van der Waals surface area contributed by atoms with Gasteiger partial charge in [0.15, 0.2) is 5.76 Å². The summed E-state index contributed by atoms with van der Waals surface area (Å²) in [7, 11) is 0. The Morgan fingerprint density at radius 1 is 1.59 bits per heavy atom. The highest BCUT2D eigenvalue weighted by molar-refractivity contribution is 5.94. The van der Waals surface area contributed by atoms with Crippen LogP contribution in [0.1, 0.15) is 29.8 Å². The van der Waals surface area contributed by atoms with E-state index in [1.165, 1.54) is 19.1 Å². The summed E-state index contributed by atoms with van der Waals surface area (Å²) in [5, 5.41) is 3.37. The van der Waals surface area contributed by atoms with Crippen LogP contribution in [0.4, 0.5) is 0 Å². The second-order valence-electron chi connectivity index (χ2n) is 4.45. The van der Waals surface area contributed by atoms with Gasteiger partial charge in [-0.2, -0.15) is 0 Å². The van der Waals surface area contributed by atoms with Crippen molar-refractivity contribution in [2.45, 2.75) is 19.3 Å². The van der Waals surface area contributed by atoms with E-state index in [-0.39, 0.29) is 12.4 Å². The number of furan rings is 1. The van der Waals surface area contributed by atoms with E-state index in [4.69, 9.17) is 9.15 Å². The van der Waals surface area contributed by atoms with Crippen LogP contribution >= 0.6 is 0 Å². The SMILES string of the molecule is O=C(COCCC1CCCNC1)c1ccco1. The van der Waals surface area contributed by atoms with Crippen molar-refractivity contribution in [2.24, 2.45) is 5.92 Å². The van der Waals surface area contributed by atoms with Crippen molar-refractivity contribution in [3.8, 4) is 0 Å². The number of hydrogen-bond donors (Lipinski definition) is 1. The number of ether oxygens (including phenoxy) is 1. The van der Waals surface area contributed by atoms with Gasteiger partial charge < -0.3 is 14.5 Å². The number of rotatable bonds is 6. The van der Waals surface area contributed by atoms with Gasteiger partial charge >= 0.3 is 0 Å². The molecule has 1 aromatic heterocycles. The van der Waals surface area contributed by atoms with E-state index in [0.717, 1.165) is 19.5 Å². The third kappa shape index (κ3) is 3.98. The molecular weight excluding hydrogens is 218 g/mol. The lowest BCUT2D eigenvalue weighted by molar-refractivity contribution is 0.0699. The standard InChI is InChI=1S/C13H19NO3/c15-12(13-4-2-7-17-13)10-16-8-5-11-3-1-6-14-9-11/h2,4,7,11,14H,1,3,5-6,8-10H2. The fourth-order valence-corrected chi connectivity index (χ4v) is 2.09. The molecule has 1 unspecified atom stereocenters. The minimum Gasteiger partial charge on any atom is -0.461 e. The van der Waals surface area contributed by atoms with E-state index in [0.29, 0.717) is 18.3 Å². The number of hydrogen-bond acceptors (Lipinski definition) is 4. The molecule has 94 valence electrons. The zero-order chi connectivity index (χ0) is 11.9. The van der Waals surface area contributed by atoms with Gasteiger partial charge in [-0.05, 0) is 50.4 Å². The summed E-state index contributed by atoms with van der Waals surface area (Å²) in [5.74, 6) is 0.989. The molecule has 2 heterocycles. The molecule has 4 nitrogen and oxygen atoms in total. The van der Waals surface area contributed by atoms with Crippen LogP contribution < -0.4 is 5.32 Å². The summed E-state index contributed by atoms with van der Waals surface area (Å²) in [4.78, 5) is 11.5. The maximum absolute atomic E-state index is 11.5. The molecule has 0 radical (unpaired) electrons. The molecule has 1 saturated heterocycles. The highest BCUT2D eigenvalue weighted by atomic mass is 16.5. The molecule has 0 amide bonds. The van der Waals surface area contributed by atoms with Crippen molar-refractivity contribution < 1.29 is 13.9 Å². The van der Waals surface area contributed by atoms with Gasteiger partial charge in [0.25, 0.3) is 0 Å². The fourth-order valence-electron chi connectivity index (χ4n) is 2.09. The van der Waals surface area contributed by atoms with Crippen LogP contribution in [0.25, 0.3) is 0 Å². The van der Waals surface area contributed by atoms with Crippen molar-refractivity contribution in [2.75, 3.05) is 26.3 Å². The van der Waals surface area contributed by atoms with Crippen LogP contribution in [0.5, 0.6) is 0 Å². The molecule has 0 bridgehead atoms. The number of carbonyl (C=O) groups is 1. The first-order valence-electron chi connectivity index (χ1n) is 6.21. The Morgan fingerprint density at radius 3 is 3.24 bits per heavy atom. The van der Waals surface area contributed by atoms with E-state index < -0.39 is 0 Å². The smallest absolute Gasteiger partial charge is 0.223 e. The molecule has 1 aliphatic heterocycles. The molecule has 0 aromatic carbocycles. The Bertz CT molecular complexity index is 328. The maximum atomic E-state index is 11.5. The monoisotopic (exact) mass is 237 g/mol. The normalized spacial score (nSPS) is 20.4. The van der Waals surface area contributed by atoms with Crippen LogP contribution in [0.3, 0.4) is 0 Å². The minimum atomic E-state index is -0.0863. The van der Waals surface area contributed by atoms with Crippen molar-refractivity contribution in [3.05, 3.63) is 24.2 Å². The number of nitrogens with one attached hydrogen (secondary N) is 1.